The lowest BCUT2D eigenvalue weighted by Gasteiger charge is -2.38. The normalized spacial score (nSPS) is 22.5. The number of carbonyl (C=O) groups is 1. The van der Waals surface area contributed by atoms with Gasteiger partial charge >= 0.3 is 0 Å². The minimum Gasteiger partial charge on any atom is -0.474 e. The van der Waals surface area contributed by atoms with E-state index < -0.39 is 35.4 Å². The summed E-state index contributed by atoms with van der Waals surface area (Å²) in [5.41, 5.74) is -1.19. The first-order valence-corrected chi connectivity index (χ1v) is 15.5. The largest absolute Gasteiger partial charge is 0.474 e. The molecule has 0 radical (unpaired) electrons. The first kappa shape index (κ1) is 33.8. The van der Waals surface area contributed by atoms with Crippen molar-refractivity contribution in [2.45, 2.75) is 89.3 Å². The van der Waals surface area contributed by atoms with E-state index in [-0.39, 0.29) is 59.3 Å². The molecule has 2 fully saturated rings. The van der Waals surface area contributed by atoms with Crippen LogP contribution in [0, 0.1) is 23.0 Å². The Labute approximate surface area is 271 Å². The van der Waals surface area contributed by atoms with E-state index in [9.17, 15) is 23.2 Å². The van der Waals surface area contributed by atoms with Gasteiger partial charge in [-0.3, -0.25) is 9.69 Å². The number of amides is 1. The Balaban J connectivity index is 1.45. The van der Waals surface area contributed by atoms with Crippen LogP contribution in [0.3, 0.4) is 0 Å². The van der Waals surface area contributed by atoms with Crippen LogP contribution in [0.5, 0.6) is 11.8 Å². The fourth-order valence-electron chi connectivity index (χ4n) is 6.28. The maximum atomic E-state index is 14.7. The molecule has 2 aliphatic heterocycles. The number of hydrogen-bond donors (Lipinski definition) is 0. The van der Waals surface area contributed by atoms with E-state index in [1.165, 1.54) is 12.1 Å². The van der Waals surface area contributed by atoms with Gasteiger partial charge in [-0.15, -0.1) is 0 Å². The number of benzene rings is 1. The first-order valence-electron chi connectivity index (χ1n) is 15.5. The minimum absolute atomic E-state index is 0.0314. The summed E-state index contributed by atoms with van der Waals surface area (Å²) >= 11 is 0. The first-order chi connectivity index (χ1) is 22.3. The lowest BCUT2D eigenvalue weighted by Crippen LogP contribution is -2.49. The average molecular weight is 654 g/mol. The quantitative estimate of drug-likeness (QED) is 0.270. The third-order valence-corrected chi connectivity index (χ3v) is 8.73. The smallest absolute Gasteiger partial charge is 0.249 e. The number of ether oxygens (including phenoxy) is 2. The summed E-state index contributed by atoms with van der Waals surface area (Å²) in [7, 11) is 1.83. The summed E-state index contributed by atoms with van der Waals surface area (Å²) in [5.74, 6) is -1.67. The molecule has 0 aliphatic carbocycles. The molecule has 47 heavy (non-hydrogen) atoms. The molecule has 5 rings (SSSR count). The lowest BCUT2D eigenvalue weighted by atomic mass is 9.83. The Morgan fingerprint density at radius 2 is 1.89 bits per heavy atom. The Morgan fingerprint density at radius 3 is 2.53 bits per heavy atom. The summed E-state index contributed by atoms with van der Waals surface area (Å²) < 4.78 is 61.5. The van der Waals surface area contributed by atoms with Gasteiger partial charge in [-0.25, -0.2) is 13.2 Å². The molecule has 0 spiro atoms. The van der Waals surface area contributed by atoms with Gasteiger partial charge < -0.3 is 18.9 Å². The van der Waals surface area contributed by atoms with Crippen LogP contribution >= 0.6 is 0 Å². The van der Waals surface area contributed by atoms with Crippen molar-refractivity contribution in [3.05, 3.63) is 59.5 Å². The second kappa shape index (κ2) is 13.7. The molecule has 250 valence electrons. The molecule has 0 bridgehead atoms. The third-order valence-electron chi connectivity index (χ3n) is 8.73. The van der Waals surface area contributed by atoms with Gasteiger partial charge in [0.15, 0.2) is 0 Å². The SMILES string of the molecule is C=C(C)C(=O)N1CC[C@H](Oc2cc(O[C@@H](C)[C@@H]3C[C@@H](F)CN3C)nc(-c3noc(C(C)(C)c4c(F)cccc4F)n3)n2)C[C@H]1CC#N. The van der Waals surface area contributed by atoms with E-state index >= 15 is 0 Å². The molecule has 0 saturated carbocycles. The maximum absolute atomic E-state index is 14.7. The molecule has 0 unspecified atom stereocenters. The molecule has 2 aliphatic rings. The number of nitriles is 1. The number of carbonyl (C=O) groups excluding carboxylic acids is 1. The Morgan fingerprint density at radius 1 is 1.19 bits per heavy atom. The number of rotatable bonds is 10. The van der Waals surface area contributed by atoms with Crippen molar-refractivity contribution in [1.82, 2.24) is 29.9 Å². The zero-order chi connectivity index (χ0) is 34.0. The predicted molar refractivity (Wildman–Crippen MR) is 164 cm³/mol. The second-order valence-electron chi connectivity index (χ2n) is 12.7. The molecule has 3 aromatic rings. The monoisotopic (exact) mass is 653 g/mol. The summed E-state index contributed by atoms with van der Waals surface area (Å²) in [6.45, 7) is 11.0. The molecule has 4 heterocycles. The van der Waals surface area contributed by atoms with Gasteiger partial charge in [0.25, 0.3) is 0 Å². The number of piperidine rings is 1. The van der Waals surface area contributed by atoms with Gasteiger partial charge in [0, 0.05) is 49.2 Å². The van der Waals surface area contributed by atoms with Crippen LogP contribution < -0.4 is 9.47 Å². The highest BCUT2D eigenvalue weighted by atomic mass is 19.1. The van der Waals surface area contributed by atoms with Crippen molar-refractivity contribution >= 4 is 5.91 Å². The standard InChI is InChI=1S/C33H38F3N7O4/c1-18(2)31(44)43-13-11-22(15-21(43)10-12-37)46-27-16-26(45-19(3)25-14-20(34)17-42(25)6)38-29(39-27)30-40-32(47-41-30)33(4,5)28-23(35)8-7-9-24(28)36/h7-9,16,19-22,25H,1,10-11,13-15,17H2,2-6H3/t19-,20+,21+,22-,25-/m0/s1. The molecule has 1 aromatic carbocycles. The molecular formula is C33H38F3N7O4. The van der Waals surface area contributed by atoms with Crippen molar-refractivity contribution in [3.8, 4) is 29.5 Å². The van der Waals surface area contributed by atoms with Crippen LogP contribution in [0.25, 0.3) is 11.6 Å². The number of hydrogen-bond acceptors (Lipinski definition) is 10. The van der Waals surface area contributed by atoms with Crippen molar-refractivity contribution in [3.63, 3.8) is 0 Å². The zero-order valence-corrected chi connectivity index (χ0v) is 27.0. The average Bonchev–Trinajstić information content (AvgIpc) is 3.64. The van der Waals surface area contributed by atoms with Crippen LogP contribution in [0.4, 0.5) is 13.2 Å². The van der Waals surface area contributed by atoms with Gasteiger partial charge in [0.05, 0.1) is 24.0 Å². The molecule has 14 heteroatoms. The zero-order valence-electron chi connectivity index (χ0n) is 27.0. The summed E-state index contributed by atoms with van der Waals surface area (Å²) in [6.07, 6.45) is -0.584. The number of likely N-dealkylation sites (N-methyl/N-ethyl adjacent to an activating group) is 1. The van der Waals surface area contributed by atoms with Gasteiger partial charge in [-0.1, -0.05) is 17.8 Å². The van der Waals surface area contributed by atoms with Crippen LogP contribution in [0.15, 0.2) is 40.9 Å². The van der Waals surface area contributed by atoms with Gasteiger partial charge in [0.2, 0.25) is 35.2 Å². The third kappa shape index (κ3) is 7.25. The predicted octanol–water partition coefficient (Wildman–Crippen LogP) is 5.17. The number of aromatic nitrogens is 4. The Kier molecular flexibility index (Phi) is 9.86. The van der Waals surface area contributed by atoms with Gasteiger partial charge in [-0.05, 0) is 53.3 Å². The van der Waals surface area contributed by atoms with Crippen LogP contribution in [-0.2, 0) is 10.2 Å². The molecule has 11 nitrogen and oxygen atoms in total. The van der Waals surface area contributed by atoms with E-state index in [0.717, 1.165) is 12.1 Å². The molecule has 2 aromatic heterocycles. The van der Waals surface area contributed by atoms with Crippen molar-refractivity contribution in [2.75, 3.05) is 20.1 Å². The molecular weight excluding hydrogens is 615 g/mol. The Hall–Kier alpha value is -4.51. The number of likely N-dealkylation sites (tertiary alicyclic amines) is 2. The van der Waals surface area contributed by atoms with E-state index in [1.807, 2.05) is 18.9 Å². The van der Waals surface area contributed by atoms with Crippen LogP contribution in [0.1, 0.15) is 64.8 Å². The van der Waals surface area contributed by atoms with Crippen molar-refractivity contribution in [2.24, 2.45) is 0 Å². The summed E-state index contributed by atoms with van der Waals surface area (Å²) in [4.78, 5) is 29.6. The fourth-order valence-corrected chi connectivity index (χ4v) is 6.28. The summed E-state index contributed by atoms with van der Waals surface area (Å²) in [5, 5.41) is 13.4. The second-order valence-corrected chi connectivity index (χ2v) is 12.7. The highest BCUT2D eigenvalue weighted by molar-refractivity contribution is 5.92. The van der Waals surface area contributed by atoms with Crippen molar-refractivity contribution < 1.29 is 32.0 Å². The van der Waals surface area contributed by atoms with E-state index in [4.69, 9.17) is 14.0 Å². The fraction of sp³-hybridized carbons (Fsp3) is 0.515. The van der Waals surface area contributed by atoms with E-state index in [1.54, 1.807) is 25.7 Å². The summed E-state index contributed by atoms with van der Waals surface area (Å²) in [6, 6.07) is 6.64. The van der Waals surface area contributed by atoms with Crippen molar-refractivity contribution in [1.29, 1.82) is 5.26 Å². The highest BCUT2D eigenvalue weighted by Crippen LogP contribution is 2.35. The van der Waals surface area contributed by atoms with Gasteiger partial charge in [-0.2, -0.15) is 20.2 Å². The number of alkyl halides is 1. The van der Waals surface area contributed by atoms with Crippen LogP contribution in [-0.4, -0.2) is 86.4 Å². The highest BCUT2D eigenvalue weighted by Gasteiger charge is 2.37. The molecule has 0 N–H and O–H groups in total. The molecule has 5 atom stereocenters. The maximum Gasteiger partial charge on any atom is 0.249 e. The number of nitrogens with zero attached hydrogens (tertiary/aromatic N) is 7. The van der Waals surface area contributed by atoms with E-state index in [2.05, 4.69) is 32.8 Å². The van der Waals surface area contributed by atoms with Crippen LogP contribution in [0.2, 0.25) is 0 Å². The minimum atomic E-state index is -1.34. The number of halogens is 3. The topological polar surface area (TPSA) is 130 Å². The van der Waals surface area contributed by atoms with E-state index in [0.29, 0.717) is 37.9 Å². The Bertz CT molecular complexity index is 1660. The molecule has 2 saturated heterocycles. The van der Waals surface area contributed by atoms with Gasteiger partial charge in [0.1, 0.15) is 30.0 Å². The lowest BCUT2D eigenvalue weighted by molar-refractivity contribution is -0.131. The molecule has 1 amide bonds.